The second-order valence-corrected chi connectivity index (χ2v) is 6.36. The van der Waals surface area contributed by atoms with Crippen LogP contribution in [0.2, 0.25) is 0 Å². The Bertz CT molecular complexity index is 717. The summed E-state index contributed by atoms with van der Waals surface area (Å²) >= 11 is 0. The van der Waals surface area contributed by atoms with E-state index in [-0.39, 0.29) is 0 Å². The van der Waals surface area contributed by atoms with Crippen LogP contribution in [0.3, 0.4) is 0 Å². The normalized spacial score (nSPS) is 20.1. The molecule has 1 heterocycles. The van der Waals surface area contributed by atoms with Crippen molar-refractivity contribution in [1.82, 2.24) is 0 Å². The standard InChI is InChI=1S/C22H21N/c1-17-12-14-19(15-13-17)22-21(18-8-4-2-5-9-18)16-23(22)20-10-6-3-7-11-20/h2-15,21-22H,16H2,1H3. The Morgan fingerprint density at radius 1 is 0.696 bits per heavy atom. The molecule has 3 aromatic rings. The van der Waals surface area contributed by atoms with Crippen molar-refractivity contribution in [3.05, 3.63) is 102 Å². The largest absolute Gasteiger partial charge is 0.363 e. The fraction of sp³-hybridized carbons (Fsp3) is 0.182. The maximum atomic E-state index is 2.52. The molecule has 0 aliphatic carbocycles. The minimum Gasteiger partial charge on any atom is -0.363 e. The van der Waals surface area contributed by atoms with Crippen LogP contribution < -0.4 is 4.90 Å². The smallest absolute Gasteiger partial charge is 0.0628 e. The van der Waals surface area contributed by atoms with E-state index in [9.17, 15) is 0 Å². The van der Waals surface area contributed by atoms with Crippen molar-refractivity contribution in [2.45, 2.75) is 18.9 Å². The minimum absolute atomic E-state index is 0.417. The van der Waals surface area contributed by atoms with Crippen molar-refractivity contribution >= 4 is 5.69 Å². The molecule has 2 unspecified atom stereocenters. The highest BCUT2D eigenvalue weighted by Crippen LogP contribution is 2.47. The summed E-state index contributed by atoms with van der Waals surface area (Å²) in [4.78, 5) is 2.52. The van der Waals surface area contributed by atoms with Crippen LogP contribution in [0.15, 0.2) is 84.9 Å². The van der Waals surface area contributed by atoms with Gasteiger partial charge < -0.3 is 4.90 Å². The molecule has 0 spiro atoms. The topological polar surface area (TPSA) is 3.24 Å². The van der Waals surface area contributed by atoms with E-state index in [0.717, 1.165) is 6.54 Å². The van der Waals surface area contributed by atoms with Gasteiger partial charge in [0.1, 0.15) is 0 Å². The van der Waals surface area contributed by atoms with Crippen molar-refractivity contribution in [2.75, 3.05) is 11.4 Å². The Balaban J connectivity index is 1.71. The predicted molar refractivity (Wildman–Crippen MR) is 96.9 cm³/mol. The molecule has 0 amide bonds. The molecule has 3 aromatic carbocycles. The lowest BCUT2D eigenvalue weighted by Gasteiger charge is -2.50. The van der Waals surface area contributed by atoms with Gasteiger partial charge >= 0.3 is 0 Å². The van der Waals surface area contributed by atoms with Gasteiger partial charge in [-0.15, -0.1) is 0 Å². The van der Waals surface area contributed by atoms with Crippen molar-refractivity contribution in [2.24, 2.45) is 0 Å². The van der Waals surface area contributed by atoms with Gasteiger partial charge in [0, 0.05) is 18.2 Å². The third kappa shape index (κ3) is 2.63. The summed E-state index contributed by atoms with van der Waals surface area (Å²) < 4.78 is 0. The van der Waals surface area contributed by atoms with Gasteiger partial charge in [-0.25, -0.2) is 0 Å². The van der Waals surface area contributed by atoms with Gasteiger partial charge in [-0.3, -0.25) is 0 Å². The number of hydrogen-bond donors (Lipinski definition) is 0. The zero-order valence-corrected chi connectivity index (χ0v) is 13.4. The number of aryl methyl sites for hydroxylation is 1. The highest BCUT2D eigenvalue weighted by atomic mass is 15.2. The van der Waals surface area contributed by atoms with Gasteiger partial charge in [0.15, 0.2) is 0 Å². The lowest BCUT2D eigenvalue weighted by molar-refractivity contribution is 0.391. The molecule has 1 nitrogen and oxygen atoms in total. The van der Waals surface area contributed by atoms with Gasteiger partial charge in [0.2, 0.25) is 0 Å². The SMILES string of the molecule is Cc1ccc(C2C(c3ccccc3)CN2c2ccccc2)cc1. The van der Waals surface area contributed by atoms with E-state index in [4.69, 9.17) is 0 Å². The van der Waals surface area contributed by atoms with Crippen molar-refractivity contribution < 1.29 is 0 Å². The maximum absolute atomic E-state index is 2.52. The quantitative estimate of drug-likeness (QED) is 0.631. The van der Waals surface area contributed by atoms with Gasteiger partial charge in [0.05, 0.1) is 6.04 Å². The van der Waals surface area contributed by atoms with Gasteiger partial charge in [-0.2, -0.15) is 0 Å². The van der Waals surface area contributed by atoms with Gasteiger partial charge in [0.25, 0.3) is 0 Å². The molecule has 0 N–H and O–H groups in total. The molecule has 0 radical (unpaired) electrons. The van der Waals surface area contributed by atoms with E-state index >= 15 is 0 Å². The lowest BCUT2D eigenvalue weighted by atomic mass is 9.78. The predicted octanol–water partition coefficient (Wildman–Crippen LogP) is 5.34. The number of para-hydroxylation sites is 1. The Morgan fingerprint density at radius 3 is 1.96 bits per heavy atom. The van der Waals surface area contributed by atoms with Crippen LogP contribution in [0.25, 0.3) is 0 Å². The first kappa shape index (κ1) is 14.1. The zero-order chi connectivity index (χ0) is 15.6. The molecule has 0 aromatic heterocycles. The van der Waals surface area contributed by atoms with E-state index < -0.39 is 0 Å². The second kappa shape index (κ2) is 5.92. The molecule has 1 heteroatoms. The molecule has 0 bridgehead atoms. The van der Waals surface area contributed by atoms with Crippen LogP contribution in [0, 0.1) is 6.92 Å². The average Bonchev–Trinajstić information content (AvgIpc) is 2.58. The fourth-order valence-electron chi connectivity index (χ4n) is 3.55. The van der Waals surface area contributed by atoms with Crippen LogP contribution in [0.1, 0.15) is 28.7 Å². The molecule has 0 saturated carbocycles. The first-order valence-corrected chi connectivity index (χ1v) is 8.26. The van der Waals surface area contributed by atoms with E-state index in [1.807, 2.05) is 0 Å². The van der Waals surface area contributed by atoms with Crippen LogP contribution in [-0.4, -0.2) is 6.54 Å². The van der Waals surface area contributed by atoms with Crippen LogP contribution in [0.5, 0.6) is 0 Å². The zero-order valence-electron chi connectivity index (χ0n) is 13.4. The number of hydrogen-bond acceptors (Lipinski definition) is 1. The summed E-state index contributed by atoms with van der Waals surface area (Å²) in [7, 11) is 0. The summed E-state index contributed by atoms with van der Waals surface area (Å²) in [5, 5.41) is 0. The summed E-state index contributed by atoms with van der Waals surface area (Å²) in [6.45, 7) is 3.22. The molecule has 2 atom stereocenters. The maximum Gasteiger partial charge on any atom is 0.0628 e. The number of anilines is 1. The fourth-order valence-corrected chi connectivity index (χ4v) is 3.55. The summed E-state index contributed by atoms with van der Waals surface area (Å²) in [6, 6.07) is 31.1. The molecule has 4 rings (SSSR count). The number of nitrogens with zero attached hydrogens (tertiary/aromatic N) is 1. The molecule has 1 aliphatic heterocycles. The molecular formula is C22H21N. The Hall–Kier alpha value is -2.54. The van der Waals surface area contributed by atoms with Gasteiger partial charge in [-0.1, -0.05) is 78.4 Å². The van der Waals surface area contributed by atoms with Gasteiger partial charge in [-0.05, 0) is 30.2 Å². The molecule has 23 heavy (non-hydrogen) atoms. The first-order chi connectivity index (χ1) is 11.3. The van der Waals surface area contributed by atoms with Crippen LogP contribution in [0.4, 0.5) is 5.69 Å². The summed E-state index contributed by atoms with van der Waals surface area (Å²) in [6.07, 6.45) is 0. The molecule has 1 saturated heterocycles. The third-order valence-electron chi connectivity index (χ3n) is 4.84. The highest BCUT2D eigenvalue weighted by Gasteiger charge is 2.40. The molecular weight excluding hydrogens is 278 g/mol. The molecule has 114 valence electrons. The Labute approximate surface area is 138 Å². The van der Waals surface area contributed by atoms with E-state index in [1.165, 1.54) is 22.4 Å². The van der Waals surface area contributed by atoms with Crippen molar-refractivity contribution in [3.8, 4) is 0 Å². The minimum atomic E-state index is 0.417. The molecule has 1 fully saturated rings. The first-order valence-electron chi connectivity index (χ1n) is 8.26. The van der Waals surface area contributed by atoms with Crippen molar-refractivity contribution in [3.63, 3.8) is 0 Å². The van der Waals surface area contributed by atoms with E-state index in [0.29, 0.717) is 12.0 Å². The second-order valence-electron chi connectivity index (χ2n) is 6.36. The lowest BCUT2D eigenvalue weighted by Crippen LogP contribution is -2.48. The molecule has 1 aliphatic rings. The Kier molecular flexibility index (Phi) is 3.63. The number of rotatable bonds is 3. The average molecular weight is 299 g/mol. The van der Waals surface area contributed by atoms with Crippen molar-refractivity contribution in [1.29, 1.82) is 0 Å². The van der Waals surface area contributed by atoms with Crippen LogP contribution in [-0.2, 0) is 0 Å². The number of benzene rings is 3. The Morgan fingerprint density at radius 2 is 1.30 bits per heavy atom. The highest BCUT2D eigenvalue weighted by molar-refractivity contribution is 5.55. The summed E-state index contributed by atoms with van der Waals surface area (Å²) in [5.74, 6) is 0.555. The van der Waals surface area contributed by atoms with E-state index in [1.54, 1.807) is 0 Å². The van der Waals surface area contributed by atoms with Crippen LogP contribution >= 0.6 is 0 Å². The summed E-state index contributed by atoms with van der Waals surface area (Å²) in [5.41, 5.74) is 5.46. The third-order valence-corrected chi connectivity index (χ3v) is 4.84. The monoisotopic (exact) mass is 299 g/mol. The van der Waals surface area contributed by atoms with E-state index in [2.05, 4.69) is 96.8 Å².